The van der Waals surface area contributed by atoms with Crippen LogP contribution in [0.1, 0.15) is 5.01 Å². The summed E-state index contributed by atoms with van der Waals surface area (Å²) in [6.07, 6.45) is 0. The average molecular weight is 233 g/mol. The molecule has 3 rings (SSSR count). The van der Waals surface area contributed by atoms with Gasteiger partial charge in [-0.3, -0.25) is 0 Å². The molecule has 0 spiro atoms. The van der Waals surface area contributed by atoms with Crippen molar-refractivity contribution in [2.75, 3.05) is 0 Å². The fourth-order valence-electron chi connectivity index (χ4n) is 1.59. The van der Waals surface area contributed by atoms with Gasteiger partial charge in [-0.1, -0.05) is 6.07 Å². The molecule has 80 valence electrons. The molecule has 0 saturated carbocycles. The highest BCUT2D eigenvalue weighted by Crippen LogP contribution is 2.23. The predicted octanol–water partition coefficient (Wildman–Crippen LogP) is 3.13. The van der Waals surface area contributed by atoms with E-state index in [9.17, 15) is 4.39 Å². The van der Waals surface area contributed by atoms with Crippen LogP contribution in [0.2, 0.25) is 0 Å². The quantitative estimate of drug-likeness (QED) is 0.701. The Hall–Kier alpha value is -1.75. The average Bonchev–Trinajstić information content (AvgIpc) is 2.84. The molecular weight excluding hydrogens is 225 g/mol. The number of rotatable bonds is 1. The van der Waals surface area contributed by atoms with E-state index in [1.807, 2.05) is 12.3 Å². The molecule has 0 atom stereocenters. The molecule has 0 aliphatic heterocycles. The van der Waals surface area contributed by atoms with Crippen molar-refractivity contribution in [2.24, 2.45) is 0 Å². The number of hydrogen-bond donors (Lipinski definition) is 1. The number of fused-ring (bicyclic) bond motifs is 1. The molecule has 0 fully saturated rings. The first-order valence-corrected chi connectivity index (χ1v) is 5.69. The Labute approximate surface area is 95.0 Å². The largest absolute Gasteiger partial charge is 0.337 e. The van der Waals surface area contributed by atoms with Crippen LogP contribution in [-0.2, 0) is 0 Å². The van der Waals surface area contributed by atoms with Crippen molar-refractivity contribution in [1.82, 2.24) is 15.0 Å². The van der Waals surface area contributed by atoms with Crippen molar-refractivity contribution >= 4 is 22.4 Å². The van der Waals surface area contributed by atoms with Crippen LogP contribution in [-0.4, -0.2) is 15.0 Å². The van der Waals surface area contributed by atoms with Gasteiger partial charge in [-0.15, -0.1) is 11.3 Å². The Bertz CT molecular complexity index is 656. The lowest BCUT2D eigenvalue weighted by atomic mass is 10.3. The maximum atomic E-state index is 13.4. The summed E-state index contributed by atoms with van der Waals surface area (Å²) in [7, 11) is 0. The second-order valence-electron chi connectivity index (χ2n) is 3.47. The number of nitrogens with zero attached hydrogens (tertiary/aromatic N) is 2. The van der Waals surface area contributed by atoms with Gasteiger partial charge in [-0.05, 0) is 19.1 Å². The smallest absolute Gasteiger partial charge is 0.158 e. The van der Waals surface area contributed by atoms with Gasteiger partial charge in [0.15, 0.2) is 11.6 Å². The Morgan fingerprint density at radius 1 is 1.31 bits per heavy atom. The molecular formula is C11H8FN3S. The number of para-hydroxylation sites is 1. The number of aryl methyl sites for hydroxylation is 1. The predicted molar refractivity (Wildman–Crippen MR) is 61.9 cm³/mol. The van der Waals surface area contributed by atoms with Gasteiger partial charge in [0.25, 0.3) is 0 Å². The standard InChI is InChI=1S/C11H8FN3S/c1-6-13-9(5-16-6)11-14-8-4-2-3-7(12)10(8)15-11/h2-5H,1H3,(H,14,15). The Balaban J connectivity index is 2.22. The van der Waals surface area contributed by atoms with E-state index < -0.39 is 0 Å². The van der Waals surface area contributed by atoms with E-state index in [0.29, 0.717) is 16.9 Å². The number of H-pyrrole nitrogens is 1. The van der Waals surface area contributed by atoms with Crippen LogP contribution in [0.25, 0.3) is 22.6 Å². The molecule has 0 amide bonds. The lowest BCUT2D eigenvalue weighted by Gasteiger charge is -1.86. The molecule has 0 aliphatic rings. The van der Waals surface area contributed by atoms with E-state index in [4.69, 9.17) is 0 Å². The number of hydrogen-bond acceptors (Lipinski definition) is 3. The second kappa shape index (κ2) is 3.38. The van der Waals surface area contributed by atoms with Crippen molar-refractivity contribution in [3.63, 3.8) is 0 Å². The number of thiazole rings is 1. The van der Waals surface area contributed by atoms with Crippen molar-refractivity contribution in [3.05, 3.63) is 34.4 Å². The molecule has 0 saturated heterocycles. The van der Waals surface area contributed by atoms with Gasteiger partial charge < -0.3 is 4.98 Å². The molecule has 0 radical (unpaired) electrons. The van der Waals surface area contributed by atoms with Crippen LogP contribution in [0.5, 0.6) is 0 Å². The zero-order valence-electron chi connectivity index (χ0n) is 8.49. The molecule has 5 heteroatoms. The van der Waals surface area contributed by atoms with E-state index in [-0.39, 0.29) is 5.82 Å². The molecule has 1 aromatic carbocycles. The first kappa shape index (κ1) is 9.47. The topological polar surface area (TPSA) is 41.6 Å². The highest BCUT2D eigenvalue weighted by atomic mass is 32.1. The summed E-state index contributed by atoms with van der Waals surface area (Å²) < 4.78 is 13.4. The summed E-state index contributed by atoms with van der Waals surface area (Å²) in [6, 6.07) is 4.86. The number of nitrogens with one attached hydrogen (secondary N) is 1. The van der Waals surface area contributed by atoms with Crippen molar-refractivity contribution < 1.29 is 4.39 Å². The monoisotopic (exact) mass is 233 g/mol. The third-order valence-electron chi connectivity index (χ3n) is 2.33. The summed E-state index contributed by atoms with van der Waals surface area (Å²) in [5.41, 5.74) is 1.82. The number of imidazole rings is 1. The van der Waals surface area contributed by atoms with Gasteiger partial charge in [0, 0.05) is 5.38 Å². The highest BCUT2D eigenvalue weighted by Gasteiger charge is 2.10. The highest BCUT2D eigenvalue weighted by molar-refractivity contribution is 7.09. The van der Waals surface area contributed by atoms with Gasteiger partial charge in [-0.25, -0.2) is 14.4 Å². The van der Waals surface area contributed by atoms with Gasteiger partial charge in [0.05, 0.1) is 10.5 Å². The Kier molecular flexibility index (Phi) is 2.00. The van der Waals surface area contributed by atoms with Crippen LogP contribution in [0.15, 0.2) is 23.6 Å². The maximum absolute atomic E-state index is 13.4. The van der Waals surface area contributed by atoms with Crippen LogP contribution in [0, 0.1) is 12.7 Å². The molecule has 0 aliphatic carbocycles. The molecule has 0 bridgehead atoms. The number of benzene rings is 1. The summed E-state index contributed by atoms with van der Waals surface area (Å²) in [5, 5.41) is 2.88. The lowest BCUT2D eigenvalue weighted by molar-refractivity contribution is 0.637. The minimum absolute atomic E-state index is 0.313. The van der Waals surface area contributed by atoms with Crippen LogP contribution in [0.3, 0.4) is 0 Å². The van der Waals surface area contributed by atoms with Gasteiger partial charge in [0.2, 0.25) is 0 Å². The van der Waals surface area contributed by atoms with E-state index in [0.717, 1.165) is 10.7 Å². The van der Waals surface area contributed by atoms with E-state index in [2.05, 4.69) is 15.0 Å². The minimum Gasteiger partial charge on any atom is -0.337 e. The summed E-state index contributed by atoms with van der Waals surface area (Å²) >= 11 is 1.55. The summed E-state index contributed by atoms with van der Waals surface area (Å²) in [5.74, 6) is 0.302. The van der Waals surface area contributed by atoms with E-state index in [1.165, 1.54) is 6.07 Å². The maximum Gasteiger partial charge on any atom is 0.158 e. The zero-order chi connectivity index (χ0) is 11.1. The Morgan fingerprint density at radius 3 is 2.88 bits per heavy atom. The molecule has 2 aromatic heterocycles. The SMILES string of the molecule is Cc1nc(-c2nc3c(F)cccc3[nH]2)cs1. The van der Waals surface area contributed by atoms with Gasteiger partial charge >= 0.3 is 0 Å². The molecule has 1 N–H and O–H groups in total. The first-order chi connectivity index (χ1) is 7.74. The van der Waals surface area contributed by atoms with Crippen LogP contribution >= 0.6 is 11.3 Å². The van der Waals surface area contributed by atoms with Gasteiger partial charge in [0.1, 0.15) is 11.2 Å². The minimum atomic E-state index is -0.313. The third kappa shape index (κ3) is 1.40. The fraction of sp³-hybridized carbons (Fsp3) is 0.0909. The van der Waals surface area contributed by atoms with Crippen LogP contribution < -0.4 is 0 Å². The number of halogens is 1. The molecule has 16 heavy (non-hydrogen) atoms. The summed E-state index contributed by atoms with van der Waals surface area (Å²) in [4.78, 5) is 11.6. The number of aromatic amines is 1. The zero-order valence-corrected chi connectivity index (χ0v) is 9.31. The molecule has 3 nitrogen and oxygen atoms in total. The second-order valence-corrected chi connectivity index (χ2v) is 4.54. The normalized spacial score (nSPS) is 11.1. The molecule has 2 heterocycles. The number of aromatic nitrogens is 3. The first-order valence-electron chi connectivity index (χ1n) is 4.81. The molecule has 3 aromatic rings. The summed E-state index contributed by atoms with van der Waals surface area (Å²) in [6.45, 7) is 1.93. The van der Waals surface area contributed by atoms with Gasteiger partial charge in [-0.2, -0.15) is 0 Å². The Morgan fingerprint density at radius 2 is 2.19 bits per heavy atom. The van der Waals surface area contributed by atoms with E-state index in [1.54, 1.807) is 23.5 Å². The van der Waals surface area contributed by atoms with Crippen molar-refractivity contribution in [1.29, 1.82) is 0 Å². The fourth-order valence-corrected chi connectivity index (χ4v) is 2.19. The van der Waals surface area contributed by atoms with Crippen LogP contribution in [0.4, 0.5) is 4.39 Å². The van der Waals surface area contributed by atoms with Crippen molar-refractivity contribution in [3.8, 4) is 11.5 Å². The lowest BCUT2D eigenvalue weighted by Crippen LogP contribution is -1.80. The van der Waals surface area contributed by atoms with Crippen molar-refractivity contribution in [2.45, 2.75) is 6.92 Å². The molecule has 0 unspecified atom stereocenters. The third-order valence-corrected chi connectivity index (χ3v) is 3.10. The van der Waals surface area contributed by atoms with E-state index >= 15 is 0 Å².